The molecule has 0 aliphatic rings. The second kappa shape index (κ2) is 30.9. The van der Waals surface area contributed by atoms with Crippen molar-refractivity contribution in [1.82, 2.24) is 0 Å². The van der Waals surface area contributed by atoms with E-state index in [-0.39, 0.29) is 37.5 Å². The van der Waals surface area contributed by atoms with Crippen LogP contribution in [0.5, 0.6) is 23.0 Å². The van der Waals surface area contributed by atoms with Gasteiger partial charge in [-0.15, -0.1) is 0 Å². The fourth-order valence-corrected chi connectivity index (χ4v) is 7.78. The van der Waals surface area contributed by atoms with E-state index in [4.69, 9.17) is 69.5 Å². The summed E-state index contributed by atoms with van der Waals surface area (Å²) < 4.78 is 22.0. The third kappa shape index (κ3) is 18.7. The monoisotopic (exact) mass is 908 g/mol. The van der Waals surface area contributed by atoms with Crippen molar-refractivity contribution in [2.24, 2.45) is 0 Å². The number of methoxy groups -OCH3 is 4. The normalized spacial score (nSPS) is 12.9. The molecule has 4 unspecified atom stereocenters. The summed E-state index contributed by atoms with van der Waals surface area (Å²) in [5.74, 6) is 3.28. The first kappa shape index (κ1) is 54.0. The van der Waals surface area contributed by atoms with Crippen LogP contribution in [-0.4, -0.2) is 59.1 Å². The van der Waals surface area contributed by atoms with Crippen LogP contribution in [0.4, 0.5) is 0 Å². The summed E-state index contributed by atoms with van der Waals surface area (Å²) in [5, 5.41) is -0.595. The van der Waals surface area contributed by atoms with Gasteiger partial charge in [-0.2, -0.15) is 21.0 Å². The van der Waals surface area contributed by atoms with Crippen LogP contribution in [0.2, 0.25) is 0 Å². The molecule has 0 fully saturated rings. The van der Waals surface area contributed by atoms with Crippen molar-refractivity contribution in [2.75, 3.05) is 54.6 Å². The average Bonchev–Trinajstić information content (AvgIpc) is 3.28. The minimum absolute atomic E-state index is 0. The molecule has 4 aromatic carbocycles. The second-order valence-electron chi connectivity index (χ2n) is 14.4. The van der Waals surface area contributed by atoms with Crippen LogP contribution in [0, 0.1) is 0 Å². The first-order valence-corrected chi connectivity index (χ1v) is 22.5. The van der Waals surface area contributed by atoms with Crippen molar-refractivity contribution in [1.29, 1.82) is 0 Å². The summed E-state index contributed by atoms with van der Waals surface area (Å²) in [7, 11) is 6.59. The molecule has 10 heteroatoms. The fraction of sp³-hybridized carbons (Fsp3) is 0.500. The quantitative estimate of drug-likeness (QED) is 0.0439. The second-order valence-corrected chi connectivity index (χ2v) is 16.5. The Labute approximate surface area is 384 Å². The Hall–Kier alpha value is -2.07. The largest absolute Gasteiger partial charge is 2.00 e. The molecule has 0 aromatic heterocycles. The van der Waals surface area contributed by atoms with Crippen molar-refractivity contribution in [3.63, 3.8) is 0 Å². The summed E-state index contributed by atoms with van der Waals surface area (Å²) in [6, 6.07) is 31.0. The Kier molecular flexibility index (Phi) is 28.7. The summed E-state index contributed by atoms with van der Waals surface area (Å²) in [5.41, 5.74) is 4.15. The number of ether oxygens (including phenoxy) is 4. The first-order chi connectivity index (χ1) is 27.5. The van der Waals surface area contributed by atoms with E-state index in [0.29, 0.717) is 0 Å². The Balaban J connectivity index is 0.000000434. The predicted octanol–water partition coefficient (Wildman–Crippen LogP) is 12.2. The Morgan fingerprint density at radius 3 is 0.672 bits per heavy atom. The van der Waals surface area contributed by atoms with Gasteiger partial charge in [0.25, 0.3) is 0 Å². The molecule has 0 spiro atoms. The molecule has 0 amide bonds. The molecule has 324 valence electrons. The van der Waals surface area contributed by atoms with Gasteiger partial charge in [0.15, 0.2) is 0 Å². The summed E-state index contributed by atoms with van der Waals surface area (Å²) in [6.45, 7) is 15.0. The van der Waals surface area contributed by atoms with Crippen LogP contribution in [0.15, 0.2) is 97.1 Å². The fourth-order valence-electron chi connectivity index (χ4n) is 6.52. The molecule has 0 saturated carbocycles. The van der Waals surface area contributed by atoms with Gasteiger partial charge in [0.05, 0.1) is 54.6 Å². The first-order valence-electron chi connectivity index (χ1n) is 20.6. The third-order valence-corrected chi connectivity index (χ3v) is 12.8. The smallest absolute Gasteiger partial charge is 0.786 e. The zero-order valence-corrected chi connectivity index (χ0v) is 40.3. The van der Waals surface area contributed by atoms with E-state index in [2.05, 4.69) is 27.7 Å². The molecule has 0 aliphatic heterocycles. The van der Waals surface area contributed by atoms with E-state index in [1.54, 1.807) is 28.4 Å². The molecule has 0 saturated heterocycles. The maximum Gasteiger partial charge on any atom is 2.00 e. The van der Waals surface area contributed by atoms with E-state index in [0.717, 1.165) is 45.3 Å². The van der Waals surface area contributed by atoms with Crippen LogP contribution in [0.3, 0.4) is 0 Å². The average molecular weight is 910 g/mol. The van der Waals surface area contributed by atoms with Crippen molar-refractivity contribution >= 4 is 50.5 Å². The van der Waals surface area contributed by atoms with Gasteiger partial charge in [0.1, 0.15) is 23.0 Å². The van der Waals surface area contributed by atoms with Crippen LogP contribution >= 0.6 is 0 Å². The van der Waals surface area contributed by atoms with Crippen molar-refractivity contribution < 1.29 is 39.9 Å². The van der Waals surface area contributed by atoms with E-state index < -0.39 is 0 Å². The number of nitrogens with zero attached hydrogens (tertiary/aromatic N) is 1. The molecule has 0 bridgehead atoms. The molecule has 0 aliphatic carbocycles. The van der Waals surface area contributed by atoms with Gasteiger partial charge in [0.2, 0.25) is 0 Å². The molecule has 0 N–H and O–H groups in total. The van der Waals surface area contributed by atoms with Crippen LogP contribution < -0.4 is 18.9 Å². The number of rotatable bonds is 22. The summed E-state index contributed by atoms with van der Waals surface area (Å²) >= 11 is 22.3. The zero-order valence-electron chi connectivity index (χ0n) is 36.1. The van der Waals surface area contributed by atoms with Gasteiger partial charge in [0, 0.05) is 0 Å². The van der Waals surface area contributed by atoms with Gasteiger partial charge in [-0.1, -0.05) is 124 Å². The number of benzene rings is 4. The van der Waals surface area contributed by atoms with E-state index in [9.17, 15) is 0 Å². The van der Waals surface area contributed by atoms with Gasteiger partial charge in [-0.3, -0.25) is 0 Å². The zero-order chi connectivity index (χ0) is 42.1. The molecule has 4 atom stereocenters. The van der Waals surface area contributed by atoms with Crippen LogP contribution in [-0.2, 0) is 67.0 Å². The number of quaternary nitrogens is 1. The van der Waals surface area contributed by atoms with Crippen LogP contribution in [0.1, 0.15) is 122 Å². The van der Waals surface area contributed by atoms with Crippen molar-refractivity contribution in [3.8, 4) is 23.0 Å². The van der Waals surface area contributed by atoms with Gasteiger partial charge in [-0.25, -0.2) is 0 Å². The number of hydrogen-bond acceptors (Lipinski definition) is 8. The number of hydrogen-bond donors (Lipinski definition) is 0. The van der Waals surface area contributed by atoms with E-state index >= 15 is 0 Å². The SMILES string of the molecule is CCCC[N+](CCCC)(CCCC)CCCC.COc1ccc(C([S-])C([S-])c2ccc(OC)cc2)cc1.COc1ccc(C([S-])C([S-])c2ccc(OC)cc2)cc1.[Ni+2]. The molecule has 0 heterocycles. The molecule has 5 nitrogen and oxygen atoms in total. The summed E-state index contributed by atoms with van der Waals surface area (Å²) in [4.78, 5) is 0. The maximum atomic E-state index is 5.57. The van der Waals surface area contributed by atoms with E-state index in [1.807, 2.05) is 97.1 Å². The van der Waals surface area contributed by atoms with Gasteiger partial charge >= 0.3 is 16.5 Å². The van der Waals surface area contributed by atoms with Crippen LogP contribution in [0.25, 0.3) is 0 Å². The molecular weight excluding hydrogens is 841 g/mol. The maximum absolute atomic E-state index is 5.57. The molecule has 4 rings (SSSR count). The van der Waals surface area contributed by atoms with Crippen molar-refractivity contribution in [3.05, 3.63) is 119 Å². The minimum Gasteiger partial charge on any atom is -0.786 e. The predicted molar refractivity (Wildman–Crippen MR) is 252 cm³/mol. The molecule has 0 radical (unpaired) electrons. The Morgan fingerprint density at radius 1 is 0.362 bits per heavy atom. The minimum atomic E-state index is -0.149. The topological polar surface area (TPSA) is 36.9 Å². The van der Waals surface area contributed by atoms with Gasteiger partial charge < -0.3 is 73.9 Å². The standard InChI is InChI=1S/C16H36N.2C16H18O2S2.Ni/c1-5-9-13-17(14-10-6-2,15-11-7-3)16-12-8-4;2*1-17-13-7-3-11(4-8-13)15(19)16(20)12-5-9-14(18-2)10-6-12;/h5-16H2,1-4H3;2*3-10,15-16,19-20H,1-2H3;/q+1;;;+2/p-4. The number of unbranched alkanes of at least 4 members (excludes halogenated alkanes) is 4. The summed E-state index contributed by atoms with van der Waals surface area (Å²) in [6.07, 6.45) is 11.1. The molecule has 58 heavy (non-hydrogen) atoms. The van der Waals surface area contributed by atoms with E-state index in [1.165, 1.54) is 82.0 Å². The Morgan fingerprint density at radius 2 is 0.534 bits per heavy atom. The van der Waals surface area contributed by atoms with Crippen molar-refractivity contribution in [2.45, 2.75) is 100 Å². The van der Waals surface area contributed by atoms with Gasteiger partial charge in [-0.05, 0) is 74.2 Å². The third-order valence-electron chi connectivity index (χ3n) is 10.3. The molecule has 4 aromatic rings. The molecular formula is C48H68NNiO4S4-. The Bertz CT molecular complexity index is 1350.